The van der Waals surface area contributed by atoms with Crippen molar-refractivity contribution in [3.05, 3.63) is 47.6 Å². The molecule has 0 bridgehead atoms. The number of Topliss-reactive ketones (excluding diaryl/α,β-unsaturated/α-hetero) is 1. The molecule has 0 saturated carbocycles. The standard InChI is InChI=1S/C11H7N3O2/c12-13-7-10(15)9-6-11(16-14-9)8-4-2-1-3-5-8/h1-7H. The molecule has 0 atom stereocenters. The number of carbonyl (C=O) groups is 1. The Morgan fingerprint density at radius 1 is 1.38 bits per heavy atom. The van der Waals surface area contributed by atoms with Crippen LogP contribution in [0.25, 0.3) is 16.9 Å². The maximum Gasteiger partial charge on any atom is 0.329 e. The van der Waals surface area contributed by atoms with E-state index in [1.165, 1.54) is 6.07 Å². The molecule has 0 aliphatic carbocycles. The van der Waals surface area contributed by atoms with Gasteiger partial charge in [0.2, 0.25) is 0 Å². The fourth-order valence-electron chi connectivity index (χ4n) is 1.25. The van der Waals surface area contributed by atoms with Gasteiger partial charge < -0.3 is 10.1 Å². The SMILES string of the molecule is [N-]=[N+]=CC(=O)c1cc(-c2ccccc2)on1. The van der Waals surface area contributed by atoms with Gasteiger partial charge in [0, 0.05) is 11.6 Å². The van der Waals surface area contributed by atoms with E-state index in [0.717, 1.165) is 11.8 Å². The highest BCUT2D eigenvalue weighted by molar-refractivity contribution is 6.32. The molecule has 2 rings (SSSR count). The van der Waals surface area contributed by atoms with Crippen molar-refractivity contribution in [2.45, 2.75) is 0 Å². The summed E-state index contributed by atoms with van der Waals surface area (Å²) in [7, 11) is 0. The summed E-state index contributed by atoms with van der Waals surface area (Å²) in [6.45, 7) is 0. The summed E-state index contributed by atoms with van der Waals surface area (Å²) in [5.74, 6) is -0.0104. The van der Waals surface area contributed by atoms with Gasteiger partial charge >= 0.3 is 6.21 Å². The second kappa shape index (κ2) is 4.33. The molecule has 0 aliphatic heterocycles. The number of hydrogen-bond donors (Lipinski definition) is 0. The van der Waals surface area contributed by atoms with Gasteiger partial charge in [0.25, 0.3) is 5.78 Å². The van der Waals surface area contributed by atoms with Gasteiger partial charge in [-0.05, 0) is 0 Å². The third-order valence-electron chi connectivity index (χ3n) is 2.00. The fourth-order valence-corrected chi connectivity index (χ4v) is 1.25. The lowest BCUT2D eigenvalue weighted by Crippen LogP contribution is -2.00. The molecule has 5 heteroatoms. The van der Waals surface area contributed by atoms with Gasteiger partial charge in [0.15, 0.2) is 11.5 Å². The second-order valence-electron chi connectivity index (χ2n) is 3.05. The largest absolute Gasteiger partial charge is 0.361 e. The lowest BCUT2D eigenvalue weighted by molar-refractivity contribution is 0.00226. The molecule has 78 valence electrons. The fraction of sp³-hybridized carbons (Fsp3) is 0. The van der Waals surface area contributed by atoms with Gasteiger partial charge in [-0.15, -0.1) is 0 Å². The van der Waals surface area contributed by atoms with Gasteiger partial charge in [-0.3, -0.25) is 4.79 Å². The van der Waals surface area contributed by atoms with E-state index in [-0.39, 0.29) is 5.69 Å². The summed E-state index contributed by atoms with van der Waals surface area (Å²) in [6, 6.07) is 10.8. The number of hydrogen-bond acceptors (Lipinski definition) is 3. The van der Waals surface area contributed by atoms with Crippen molar-refractivity contribution >= 4 is 12.0 Å². The van der Waals surface area contributed by atoms with Gasteiger partial charge in [-0.1, -0.05) is 35.5 Å². The van der Waals surface area contributed by atoms with E-state index in [0.29, 0.717) is 5.76 Å². The molecular formula is C11H7N3O2. The topological polar surface area (TPSA) is 79.5 Å². The number of benzene rings is 1. The average molecular weight is 213 g/mol. The van der Waals surface area contributed by atoms with E-state index < -0.39 is 5.78 Å². The second-order valence-corrected chi connectivity index (χ2v) is 3.05. The highest BCUT2D eigenvalue weighted by Gasteiger charge is 2.14. The number of carbonyl (C=O) groups excluding carboxylic acids is 1. The highest BCUT2D eigenvalue weighted by atomic mass is 16.5. The first-order chi connectivity index (χ1) is 7.81. The van der Waals surface area contributed by atoms with E-state index in [1.54, 1.807) is 0 Å². The van der Waals surface area contributed by atoms with Gasteiger partial charge in [-0.2, -0.15) is 4.79 Å². The Morgan fingerprint density at radius 3 is 2.81 bits per heavy atom. The Balaban J connectivity index is 2.33. The van der Waals surface area contributed by atoms with Crippen molar-refractivity contribution in [1.82, 2.24) is 5.16 Å². The molecule has 0 radical (unpaired) electrons. The van der Waals surface area contributed by atoms with E-state index in [1.807, 2.05) is 30.3 Å². The molecule has 0 fully saturated rings. The van der Waals surface area contributed by atoms with Crippen LogP contribution in [0.5, 0.6) is 0 Å². The average Bonchev–Trinajstić information content (AvgIpc) is 2.80. The lowest BCUT2D eigenvalue weighted by atomic mass is 10.1. The molecule has 0 saturated heterocycles. The maximum absolute atomic E-state index is 11.3. The molecule has 5 nitrogen and oxygen atoms in total. The quantitative estimate of drug-likeness (QED) is 0.337. The highest BCUT2D eigenvalue weighted by Crippen LogP contribution is 2.19. The Hall–Kier alpha value is -2.52. The zero-order valence-corrected chi connectivity index (χ0v) is 8.20. The van der Waals surface area contributed by atoms with Crippen LogP contribution in [0.1, 0.15) is 10.5 Å². The van der Waals surface area contributed by atoms with E-state index >= 15 is 0 Å². The third kappa shape index (κ3) is 1.94. The Labute approximate surface area is 90.9 Å². The zero-order valence-electron chi connectivity index (χ0n) is 8.20. The zero-order chi connectivity index (χ0) is 11.4. The smallest absolute Gasteiger partial charge is 0.329 e. The maximum atomic E-state index is 11.3. The summed E-state index contributed by atoms with van der Waals surface area (Å²) in [5.41, 5.74) is 9.15. The number of aromatic nitrogens is 1. The Morgan fingerprint density at radius 2 is 2.12 bits per heavy atom. The molecule has 16 heavy (non-hydrogen) atoms. The predicted molar refractivity (Wildman–Crippen MR) is 56.0 cm³/mol. The van der Waals surface area contributed by atoms with Gasteiger partial charge in [0.05, 0.1) is 0 Å². The third-order valence-corrected chi connectivity index (χ3v) is 2.00. The monoisotopic (exact) mass is 213 g/mol. The van der Waals surface area contributed by atoms with Crippen LogP contribution in [-0.2, 0) is 0 Å². The Bertz CT molecular complexity index is 554. The minimum atomic E-state index is -0.506. The number of ketones is 1. The summed E-state index contributed by atoms with van der Waals surface area (Å²) in [4.78, 5) is 13.9. The van der Waals surface area contributed by atoms with Crippen LogP contribution >= 0.6 is 0 Å². The normalized spacial score (nSPS) is 9.50. The molecule has 0 amide bonds. The van der Waals surface area contributed by atoms with Crippen molar-refractivity contribution < 1.29 is 14.1 Å². The minimum Gasteiger partial charge on any atom is -0.361 e. The van der Waals surface area contributed by atoms with Crippen molar-refractivity contribution in [3.63, 3.8) is 0 Å². The summed E-state index contributed by atoms with van der Waals surface area (Å²) in [6.07, 6.45) is 0.770. The van der Waals surface area contributed by atoms with Crippen LogP contribution in [-0.4, -0.2) is 21.9 Å². The molecule has 1 aromatic heterocycles. The minimum absolute atomic E-state index is 0.108. The summed E-state index contributed by atoms with van der Waals surface area (Å²) >= 11 is 0. The first-order valence-electron chi connectivity index (χ1n) is 4.55. The molecular weight excluding hydrogens is 206 g/mol. The van der Waals surface area contributed by atoms with E-state index in [4.69, 9.17) is 10.1 Å². The van der Waals surface area contributed by atoms with E-state index in [2.05, 4.69) is 9.95 Å². The van der Waals surface area contributed by atoms with Crippen molar-refractivity contribution in [3.8, 4) is 11.3 Å². The first-order valence-corrected chi connectivity index (χ1v) is 4.55. The molecule has 0 N–H and O–H groups in total. The van der Waals surface area contributed by atoms with Crippen LogP contribution in [0, 0.1) is 0 Å². The summed E-state index contributed by atoms with van der Waals surface area (Å²) in [5, 5.41) is 3.58. The van der Waals surface area contributed by atoms with Crippen molar-refractivity contribution in [2.75, 3.05) is 0 Å². The molecule has 0 aliphatic rings. The van der Waals surface area contributed by atoms with Crippen molar-refractivity contribution in [2.24, 2.45) is 0 Å². The molecule has 1 aromatic carbocycles. The summed E-state index contributed by atoms with van der Waals surface area (Å²) < 4.78 is 5.00. The van der Waals surface area contributed by atoms with Crippen LogP contribution in [0.2, 0.25) is 0 Å². The van der Waals surface area contributed by atoms with Crippen LogP contribution in [0.4, 0.5) is 0 Å². The van der Waals surface area contributed by atoms with Gasteiger partial charge in [-0.25, -0.2) is 0 Å². The van der Waals surface area contributed by atoms with Crippen LogP contribution in [0.15, 0.2) is 40.9 Å². The number of nitrogens with zero attached hydrogens (tertiary/aromatic N) is 3. The predicted octanol–water partition coefficient (Wildman–Crippen LogP) is 1.82. The lowest BCUT2D eigenvalue weighted by Gasteiger charge is -1.91. The molecule has 1 heterocycles. The molecule has 2 aromatic rings. The van der Waals surface area contributed by atoms with Crippen molar-refractivity contribution in [1.29, 1.82) is 0 Å². The number of rotatable bonds is 3. The molecule has 0 spiro atoms. The van der Waals surface area contributed by atoms with Gasteiger partial charge in [0.1, 0.15) is 0 Å². The van der Waals surface area contributed by atoms with E-state index in [9.17, 15) is 4.79 Å². The Kier molecular flexibility index (Phi) is 2.71. The molecule has 0 unspecified atom stereocenters. The van der Waals surface area contributed by atoms with Crippen LogP contribution in [0.3, 0.4) is 0 Å². The first kappa shape index (κ1) is 10.0. The van der Waals surface area contributed by atoms with Crippen LogP contribution < -0.4 is 0 Å².